The molecule has 0 radical (unpaired) electrons. The van der Waals surface area contributed by atoms with E-state index in [0.717, 1.165) is 14.2 Å². The van der Waals surface area contributed by atoms with Gasteiger partial charge in [-0.1, -0.05) is 65.2 Å². The lowest BCUT2D eigenvalue weighted by atomic mass is 9.94. The van der Waals surface area contributed by atoms with Gasteiger partial charge in [0.2, 0.25) is 0 Å². The first-order chi connectivity index (χ1) is 9.74. The molecule has 2 aromatic rings. The number of nitrogens with zero attached hydrogens (tertiary/aromatic N) is 3. The van der Waals surface area contributed by atoms with E-state index in [1.165, 1.54) is 0 Å². The van der Waals surface area contributed by atoms with Crippen LogP contribution in [0, 0.1) is 11.3 Å². The summed E-state index contributed by atoms with van der Waals surface area (Å²) < 4.78 is 1.83. The van der Waals surface area contributed by atoms with E-state index in [-0.39, 0.29) is 0 Å². The van der Waals surface area contributed by atoms with Gasteiger partial charge in [0.15, 0.2) is 8.68 Å². The standard InChI is InChI=1S/C13H14N4S3/c1-15-13(8-14,10-6-4-3-5-7-10)9-19-12-17-16-11(18-2)20-12/h3-7,15H,9H2,1-2H3. The van der Waals surface area contributed by atoms with Crippen LogP contribution in [0.5, 0.6) is 0 Å². The summed E-state index contributed by atoms with van der Waals surface area (Å²) in [5.41, 5.74) is 0.254. The van der Waals surface area contributed by atoms with E-state index in [1.807, 2.05) is 43.6 Å². The number of hydrogen-bond donors (Lipinski definition) is 1. The van der Waals surface area contributed by atoms with E-state index in [9.17, 15) is 5.26 Å². The molecule has 0 amide bonds. The summed E-state index contributed by atoms with van der Waals surface area (Å²) in [4.78, 5) is 0. The molecule has 104 valence electrons. The Morgan fingerprint density at radius 1 is 1.30 bits per heavy atom. The number of rotatable bonds is 6. The van der Waals surface area contributed by atoms with Crippen LogP contribution in [0.25, 0.3) is 0 Å². The predicted molar refractivity (Wildman–Crippen MR) is 85.2 cm³/mol. The molecule has 0 spiro atoms. The van der Waals surface area contributed by atoms with E-state index in [0.29, 0.717) is 5.75 Å². The van der Waals surface area contributed by atoms with Gasteiger partial charge in [-0.3, -0.25) is 5.32 Å². The Kier molecular flexibility index (Phi) is 5.43. The Bertz CT molecular complexity index is 593. The number of nitrogens with one attached hydrogen (secondary N) is 1. The van der Waals surface area contributed by atoms with E-state index >= 15 is 0 Å². The van der Waals surface area contributed by atoms with Crippen LogP contribution < -0.4 is 5.32 Å². The maximum absolute atomic E-state index is 9.60. The van der Waals surface area contributed by atoms with Crippen molar-refractivity contribution in [2.45, 2.75) is 14.2 Å². The van der Waals surface area contributed by atoms with Gasteiger partial charge in [0.25, 0.3) is 0 Å². The second-order valence-corrected chi connectivity index (χ2v) is 7.21. The summed E-state index contributed by atoms with van der Waals surface area (Å²) in [6, 6.07) is 12.2. The molecule has 0 saturated carbocycles. The molecular weight excluding hydrogens is 308 g/mol. The third kappa shape index (κ3) is 3.33. The fourth-order valence-corrected chi connectivity index (χ4v) is 4.31. The highest BCUT2D eigenvalue weighted by molar-refractivity contribution is 8.03. The van der Waals surface area contributed by atoms with Crippen LogP contribution in [0.4, 0.5) is 0 Å². The second kappa shape index (κ2) is 7.09. The first-order valence-electron chi connectivity index (χ1n) is 5.90. The van der Waals surface area contributed by atoms with Crippen molar-refractivity contribution >= 4 is 34.9 Å². The first-order valence-corrected chi connectivity index (χ1v) is 8.93. The lowest BCUT2D eigenvalue weighted by molar-refractivity contribution is 0.528. The molecule has 1 atom stereocenters. The van der Waals surface area contributed by atoms with Gasteiger partial charge in [0.05, 0.1) is 6.07 Å². The molecule has 2 rings (SSSR count). The Hall–Kier alpha value is -1.07. The average Bonchev–Trinajstić information content (AvgIpc) is 2.98. The van der Waals surface area contributed by atoms with Gasteiger partial charge in [-0.05, 0) is 18.9 Å². The van der Waals surface area contributed by atoms with Crippen molar-refractivity contribution in [2.75, 3.05) is 19.1 Å². The lowest BCUT2D eigenvalue weighted by Gasteiger charge is -2.25. The third-order valence-corrected chi connectivity index (χ3v) is 6.06. The first kappa shape index (κ1) is 15.3. The number of aromatic nitrogens is 2. The molecule has 1 aromatic carbocycles. The van der Waals surface area contributed by atoms with Crippen LogP contribution in [-0.2, 0) is 5.54 Å². The van der Waals surface area contributed by atoms with Crippen LogP contribution in [0.15, 0.2) is 39.0 Å². The summed E-state index contributed by atoms with van der Waals surface area (Å²) in [5, 5.41) is 20.9. The van der Waals surface area contributed by atoms with E-state index in [4.69, 9.17) is 0 Å². The third-order valence-electron chi connectivity index (χ3n) is 2.86. The summed E-state index contributed by atoms with van der Waals surface area (Å²) >= 11 is 4.69. The van der Waals surface area contributed by atoms with Gasteiger partial charge in [0.1, 0.15) is 5.54 Å². The minimum absolute atomic E-state index is 0.590. The smallest absolute Gasteiger partial charge is 0.175 e. The van der Waals surface area contributed by atoms with Crippen molar-refractivity contribution in [3.63, 3.8) is 0 Å². The summed E-state index contributed by atoms with van der Waals surface area (Å²) in [5.74, 6) is 0.590. The van der Waals surface area contributed by atoms with E-state index in [1.54, 1.807) is 34.9 Å². The van der Waals surface area contributed by atoms with Gasteiger partial charge >= 0.3 is 0 Å². The van der Waals surface area contributed by atoms with Crippen LogP contribution in [0.2, 0.25) is 0 Å². The minimum atomic E-state index is -0.711. The lowest BCUT2D eigenvalue weighted by Crippen LogP contribution is -2.41. The van der Waals surface area contributed by atoms with Crippen LogP contribution in [0.3, 0.4) is 0 Å². The molecular formula is C13H14N4S3. The normalized spacial score (nSPS) is 13.7. The number of thioether (sulfide) groups is 2. The summed E-state index contributed by atoms with van der Waals surface area (Å²) in [6.07, 6.45) is 1.98. The van der Waals surface area contributed by atoms with Crippen molar-refractivity contribution in [1.29, 1.82) is 5.26 Å². The molecule has 0 aliphatic carbocycles. The summed E-state index contributed by atoms with van der Waals surface area (Å²) in [7, 11) is 1.81. The molecule has 20 heavy (non-hydrogen) atoms. The molecule has 1 N–H and O–H groups in total. The van der Waals surface area contributed by atoms with Crippen molar-refractivity contribution in [3.05, 3.63) is 35.9 Å². The van der Waals surface area contributed by atoms with Gasteiger partial charge in [0, 0.05) is 5.75 Å². The van der Waals surface area contributed by atoms with Gasteiger partial charge < -0.3 is 0 Å². The van der Waals surface area contributed by atoms with Crippen molar-refractivity contribution < 1.29 is 0 Å². The fourth-order valence-electron chi connectivity index (χ4n) is 1.68. The molecule has 1 aromatic heterocycles. The second-order valence-electron chi connectivity index (χ2n) is 3.96. The van der Waals surface area contributed by atoms with Crippen molar-refractivity contribution in [1.82, 2.24) is 15.5 Å². The van der Waals surface area contributed by atoms with E-state index < -0.39 is 5.54 Å². The number of benzene rings is 1. The Balaban J connectivity index is 2.16. The highest BCUT2D eigenvalue weighted by Crippen LogP contribution is 2.32. The maximum atomic E-state index is 9.60. The van der Waals surface area contributed by atoms with Crippen LogP contribution in [0.1, 0.15) is 5.56 Å². The SMILES string of the molecule is CNC(C#N)(CSc1nnc(SC)s1)c1ccccc1. The monoisotopic (exact) mass is 322 g/mol. The molecule has 0 fully saturated rings. The Morgan fingerprint density at radius 2 is 2.00 bits per heavy atom. The van der Waals surface area contributed by atoms with Crippen LogP contribution in [-0.4, -0.2) is 29.3 Å². The van der Waals surface area contributed by atoms with Crippen molar-refractivity contribution in [2.24, 2.45) is 0 Å². The van der Waals surface area contributed by atoms with Crippen molar-refractivity contribution in [3.8, 4) is 6.07 Å². The molecule has 0 aliphatic rings. The zero-order chi connectivity index (χ0) is 14.4. The molecule has 1 unspecified atom stereocenters. The van der Waals surface area contributed by atoms with Gasteiger partial charge in [-0.15, -0.1) is 10.2 Å². The fraction of sp³-hybridized carbons (Fsp3) is 0.308. The molecule has 0 bridgehead atoms. The molecule has 4 nitrogen and oxygen atoms in total. The van der Waals surface area contributed by atoms with Gasteiger partial charge in [-0.2, -0.15) is 5.26 Å². The summed E-state index contributed by atoms with van der Waals surface area (Å²) in [6.45, 7) is 0. The van der Waals surface area contributed by atoms with Gasteiger partial charge in [-0.25, -0.2) is 0 Å². The molecule has 7 heteroatoms. The largest absolute Gasteiger partial charge is 0.298 e. The Morgan fingerprint density at radius 3 is 2.55 bits per heavy atom. The quantitative estimate of drug-likeness (QED) is 0.825. The Labute approximate surface area is 131 Å². The van der Waals surface area contributed by atoms with Crippen LogP contribution >= 0.6 is 34.9 Å². The number of hydrogen-bond acceptors (Lipinski definition) is 7. The highest BCUT2D eigenvalue weighted by atomic mass is 32.2. The molecule has 0 aliphatic heterocycles. The number of nitriles is 1. The van der Waals surface area contributed by atoms with E-state index in [2.05, 4.69) is 21.6 Å². The zero-order valence-electron chi connectivity index (χ0n) is 11.2. The molecule has 0 saturated heterocycles. The maximum Gasteiger partial charge on any atom is 0.175 e. The predicted octanol–water partition coefficient (Wildman–Crippen LogP) is 2.99. The molecule has 1 heterocycles. The zero-order valence-corrected chi connectivity index (χ0v) is 13.6. The highest BCUT2D eigenvalue weighted by Gasteiger charge is 2.31. The topological polar surface area (TPSA) is 61.6 Å². The average molecular weight is 322 g/mol. The minimum Gasteiger partial charge on any atom is -0.298 e.